The predicted molar refractivity (Wildman–Crippen MR) is 136 cm³/mol. The molecule has 0 bridgehead atoms. The average Bonchev–Trinajstić information content (AvgIpc) is 3.30. The quantitative estimate of drug-likeness (QED) is 0.616. The van der Waals surface area contributed by atoms with Gasteiger partial charge in [-0.05, 0) is 55.6 Å². The Morgan fingerprint density at radius 2 is 1.59 bits per heavy atom. The summed E-state index contributed by atoms with van der Waals surface area (Å²) in [5.41, 5.74) is 7.02. The van der Waals surface area contributed by atoms with Crippen molar-refractivity contribution in [1.29, 1.82) is 0 Å². The number of nitrogens with one attached hydrogen (secondary N) is 1. The van der Waals surface area contributed by atoms with Gasteiger partial charge in [-0.25, -0.2) is 0 Å². The van der Waals surface area contributed by atoms with E-state index in [9.17, 15) is 0 Å². The molecule has 0 fully saturated rings. The fourth-order valence-corrected chi connectivity index (χ4v) is 6.30. The van der Waals surface area contributed by atoms with Crippen LogP contribution in [0.4, 0.5) is 22.7 Å². The van der Waals surface area contributed by atoms with Crippen molar-refractivity contribution in [1.82, 2.24) is 15.3 Å². The van der Waals surface area contributed by atoms with Crippen molar-refractivity contribution in [3.8, 4) is 0 Å². The molecule has 4 aliphatic rings. The smallest absolute Gasteiger partial charge is 0.0685 e. The van der Waals surface area contributed by atoms with E-state index < -0.39 is 0 Å². The SMILES string of the molecule is CC12C=NC=CC1N(c1cccc(N3c4ccncc4C4(C)CNC=CC34)c1)c1ccncc12. The lowest BCUT2D eigenvalue weighted by atomic mass is 9.77. The largest absolute Gasteiger partial charge is 0.390 e. The van der Waals surface area contributed by atoms with E-state index in [4.69, 9.17) is 0 Å². The van der Waals surface area contributed by atoms with Crippen LogP contribution in [0, 0.1) is 0 Å². The Morgan fingerprint density at radius 3 is 2.38 bits per heavy atom. The highest BCUT2D eigenvalue weighted by molar-refractivity contribution is 5.89. The van der Waals surface area contributed by atoms with Crippen LogP contribution in [-0.4, -0.2) is 34.8 Å². The van der Waals surface area contributed by atoms with Gasteiger partial charge in [0.25, 0.3) is 0 Å². The van der Waals surface area contributed by atoms with Gasteiger partial charge in [0.2, 0.25) is 0 Å². The molecule has 0 spiro atoms. The number of benzene rings is 1. The zero-order chi connectivity index (χ0) is 22.9. The third-order valence-corrected chi connectivity index (χ3v) is 8.08. The molecule has 6 heterocycles. The lowest BCUT2D eigenvalue weighted by molar-refractivity contribution is 0.416. The minimum Gasteiger partial charge on any atom is -0.390 e. The Hall–Kier alpha value is -3.93. The van der Waals surface area contributed by atoms with Crippen molar-refractivity contribution in [2.75, 3.05) is 16.3 Å². The predicted octanol–water partition coefficient (Wildman–Crippen LogP) is 4.75. The molecule has 2 aromatic heterocycles. The normalized spacial score (nSPS) is 29.9. The van der Waals surface area contributed by atoms with Gasteiger partial charge in [-0.15, -0.1) is 0 Å². The molecule has 4 atom stereocenters. The van der Waals surface area contributed by atoms with Crippen molar-refractivity contribution >= 4 is 29.0 Å². The summed E-state index contributed by atoms with van der Waals surface area (Å²) in [7, 11) is 0. The number of aromatic nitrogens is 2. The number of rotatable bonds is 2. The van der Waals surface area contributed by atoms with Crippen molar-refractivity contribution < 1.29 is 0 Å². The molecule has 3 aromatic rings. The molecule has 7 rings (SSSR count). The number of aliphatic imine (C=N–C) groups is 1. The van der Waals surface area contributed by atoms with Crippen LogP contribution in [0.3, 0.4) is 0 Å². The van der Waals surface area contributed by atoms with Crippen molar-refractivity contribution in [3.63, 3.8) is 0 Å². The third-order valence-electron chi connectivity index (χ3n) is 8.08. The number of pyridine rings is 2. The van der Waals surface area contributed by atoms with Crippen LogP contribution < -0.4 is 15.1 Å². The summed E-state index contributed by atoms with van der Waals surface area (Å²) >= 11 is 0. The number of hydrogen-bond donors (Lipinski definition) is 1. The van der Waals surface area contributed by atoms with Crippen molar-refractivity contribution in [2.24, 2.45) is 4.99 Å². The fourth-order valence-electron chi connectivity index (χ4n) is 6.30. The zero-order valence-electron chi connectivity index (χ0n) is 19.3. The fraction of sp³-hybridized carbons (Fsp3) is 0.250. The minimum absolute atomic E-state index is 0.0403. The Balaban J connectivity index is 1.38. The summed E-state index contributed by atoms with van der Waals surface area (Å²) in [5, 5.41) is 3.44. The van der Waals surface area contributed by atoms with E-state index in [0.29, 0.717) is 0 Å². The highest BCUT2D eigenvalue weighted by atomic mass is 15.2. The molecule has 4 aliphatic heterocycles. The molecule has 0 saturated heterocycles. The summed E-state index contributed by atoms with van der Waals surface area (Å²) in [6.45, 7) is 5.48. The topological polar surface area (TPSA) is 56.6 Å². The van der Waals surface area contributed by atoms with Crippen molar-refractivity contribution in [3.05, 3.63) is 96.9 Å². The number of nitrogens with zero attached hydrogens (tertiary/aromatic N) is 5. The molecule has 0 radical (unpaired) electrons. The second-order valence-corrected chi connectivity index (χ2v) is 10.00. The van der Waals surface area contributed by atoms with Gasteiger partial charge in [-0.3, -0.25) is 15.0 Å². The second kappa shape index (κ2) is 6.79. The summed E-state index contributed by atoms with van der Waals surface area (Å²) in [6.07, 6.45) is 18.4. The van der Waals surface area contributed by atoms with E-state index in [2.05, 4.69) is 105 Å². The first-order valence-corrected chi connectivity index (χ1v) is 11.8. The van der Waals surface area contributed by atoms with Crippen LogP contribution in [0.25, 0.3) is 0 Å². The first kappa shape index (κ1) is 19.5. The van der Waals surface area contributed by atoms with E-state index in [-0.39, 0.29) is 22.9 Å². The summed E-state index contributed by atoms with van der Waals surface area (Å²) < 4.78 is 0. The van der Waals surface area contributed by atoms with Gasteiger partial charge in [0.1, 0.15) is 0 Å². The van der Waals surface area contributed by atoms with Gasteiger partial charge >= 0.3 is 0 Å². The van der Waals surface area contributed by atoms with Gasteiger partial charge in [0.15, 0.2) is 0 Å². The number of hydrogen-bond acceptors (Lipinski definition) is 6. The Kier molecular flexibility index (Phi) is 3.90. The molecule has 4 unspecified atom stereocenters. The van der Waals surface area contributed by atoms with E-state index in [1.807, 2.05) is 31.0 Å². The summed E-state index contributed by atoms with van der Waals surface area (Å²) in [5.74, 6) is 0. The van der Waals surface area contributed by atoms with Crippen molar-refractivity contribution in [2.45, 2.75) is 36.8 Å². The summed E-state index contributed by atoms with van der Waals surface area (Å²) in [6, 6.07) is 13.6. The second-order valence-electron chi connectivity index (χ2n) is 10.00. The van der Waals surface area contributed by atoms with Crippen LogP contribution in [0.1, 0.15) is 25.0 Å². The molecule has 0 aliphatic carbocycles. The molecular weight excluding hydrogens is 420 g/mol. The lowest BCUT2D eigenvalue weighted by Crippen LogP contribution is -2.48. The molecule has 1 aromatic carbocycles. The van der Waals surface area contributed by atoms with Crippen LogP contribution in [0.5, 0.6) is 0 Å². The van der Waals surface area contributed by atoms with Crippen LogP contribution in [0.2, 0.25) is 0 Å². The Labute approximate surface area is 199 Å². The maximum Gasteiger partial charge on any atom is 0.0685 e. The van der Waals surface area contributed by atoms with Gasteiger partial charge in [0.05, 0.1) is 17.5 Å². The molecule has 34 heavy (non-hydrogen) atoms. The first-order chi connectivity index (χ1) is 16.6. The van der Waals surface area contributed by atoms with E-state index >= 15 is 0 Å². The maximum absolute atomic E-state index is 4.49. The molecule has 0 saturated carbocycles. The zero-order valence-corrected chi connectivity index (χ0v) is 19.3. The highest BCUT2D eigenvalue weighted by Gasteiger charge is 2.50. The maximum atomic E-state index is 4.49. The molecule has 0 amide bonds. The minimum atomic E-state index is -0.212. The molecule has 1 N–H and O–H groups in total. The number of anilines is 4. The lowest BCUT2D eigenvalue weighted by Gasteiger charge is -2.38. The van der Waals surface area contributed by atoms with Gasteiger partial charge in [0, 0.05) is 83.0 Å². The number of fused-ring (bicyclic) bond motifs is 6. The first-order valence-electron chi connectivity index (χ1n) is 11.8. The molecular formula is C28H26N6. The van der Waals surface area contributed by atoms with Gasteiger partial charge in [-0.2, -0.15) is 0 Å². The van der Waals surface area contributed by atoms with Gasteiger partial charge in [-0.1, -0.05) is 13.0 Å². The van der Waals surface area contributed by atoms with Crippen LogP contribution in [0.15, 0.2) is 90.7 Å². The monoisotopic (exact) mass is 446 g/mol. The van der Waals surface area contributed by atoms with E-state index in [0.717, 1.165) is 6.54 Å². The van der Waals surface area contributed by atoms with Gasteiger partial charge < -0.3 is 15.1 Å². The van der Waals surface area contributed by atoms with E-state index in [1.54, 1.807) is 0 Å². The Bertz CT molecular complexity index is 1370. The standard InChI is InChI=1S/C28H26N6/c1-27-17-31-12-8-25(27)33(23-6-10-29-15-21(23)27)19-4-3-5-20(14-19)34-24-7-11-30-16-22(24)28(2)18-32-13-9-26(28)34/h3-17,25-26,32H,18H2,1-2H3. The van der Waals surface area contributed by atoms with E-state index in [1.165, 1.54) is 33.9 Å². The third kappa shape index (κ3) is 2.43. The molecule has 6 heteroatoms. The summed E-state index contributed by atoms with van der Waals surface area (Å²) in [4.78, 5) is 18.3. The van der Waals surface area contributed by atoms with Crippen LogP contribution >= 0.6 is 0 Å². The molecule has 168 valence electrons. The van der Waals surface area contributed by atoms with Crippen LogP contribution in [-0.2, 0) is 10.8 Å². The average molecular weight is 447 g/mol. The Morgan fingerprint density at radius 1 is 0.882 bits per heavy atom. The highest BCUT2D eigenvalue weighted by Crippen LogP contribution is 2.52. The molecule has 6 nitrogen and oxygen atoms in total.